The maximum absolute atomic E-state index is 13.0. The summed E-state index contributed by atoms with van der Waals surface area (Å²) in [5.74, 6) is -3.45. The maximum Gasteiger partial charge on any atom is 0.303 e. The number of carbonyl (C=O) groups excluding carboxylic acids is 3. The van der Waals surface area contributed by atoms with Crippen LogP contribution in [0.4, 0.5) is 0 Å². The van der Waals surface area contributed by atoms with Gasteiger partial charge in [-0.15, -0.1) is 0 Å². The van der Waals surface area contributed by atoms with Crippen LogP contribution in [0.25, 0.3) is 0 Å². The number of rotatable bonds is 10. The number of esters is 3. The van der Waals surface area contributed by atoms with Crippen molar-refractivity contribution in [2.24, 2.45) is 0 Å². The predicted molar refractivity (Wildman–Crippen MR) is 150 cm³/mol. The number of aryl methyl sites for hydroxylation is 1. The molecule has 45 heavy (non-hydrogen) atoms. The number of carbonyl (C=O) groups is 3. The average Bonchev–Trinajstić information content (AvgIpc) is 3.26. The minimum atomic E-state index is -4.31. The van der Waals surface area contributed by atoms with Crippen molar-refractivity contribution < 1.29 is 69.6 Å². The van der Waals surface area contributed by atoms with Crippen LogP contribution in [0.1, 0.15) is 47.1 Å². The average molecular weight is 661 g/mol. The van der Waals surface area contributed by atoms with E-state index in [1.54, 1.807) is 39.8 Å². The zero-order valence-corrected chi connectivity index (χ0v) is 27.1. The van der Waals surface area contributed by atoms with Gasteiger partial charge in [0.05, 0.1) is 17.6 Å². The Bertz CT molecular complexity index is 1330. The summed E-state index contributed by atoms with van der Waals surface area (Å²) in [4.78, 5) is 36.6. The highest BCUT2D eigenvalue weighted by Gasteiger charge is 2.59. The molecule has 3 saturated heterocycles. The Hall–Kier alpha value is -2.70. The first-order chi connectivity index (χ1) is 21.0. The van der Waals surface area contributed by atoms with Gasteiger partial charge in [0.1, 0.15) is 24.4 Å². The molecule has 1 aromatic rings. The van der Waals surface area contributed by atoms with E-state index < -0.39 is 102 Å². The molecule has 0 radical (unpaired) electrons. The SMILES string of the molecule is CO[C@@H]1O[C@@H](C)[C@H](O[C@@H]2O[C@H](COS(=O)(=O)c3ccc(C)cc3)[C@H](OC(C)=O)[C@H](OC(C)=O)[C@H]2OC(C)=O)[C@H]2OC(C)(C)O[C@@H]12. The van der Waals surface area contributed by atoms with Gasteiger partial charge in [-0.3, -0.25) is 18.6 Å². The zero-order chi connectivity index (χ0) is 33.3. The van der Waals surface area contributed by atoms with Crippen molar-refractivity contribution in [1.82, 2.24) is 0 Å². The molecule has 3 aliphatic heterocycles. The normalized spacial score (nSPS) is 34.4. The molecule has 0 saturated carbocycles. The van der Waals surface area contributed by atoms with E-state index in [1.807, 2.05) is 0 Å². The summed E-state index contributed by atoms with van der Waals surface area (Å²) >= 11 is 0. The van der Waals surface area contributed by atoms with E-state index in [0.717, 1.165) is 26.3 Å². The summed E-state index contributed by atoms with van der Waals surface area (Å²) in [6, 6.07) is 5.95. The summed E-state index contributed by atoms with van der Waals surface area (Å²) < 4.78 is 84.0. The van der Waals surface area contributed by atoms with E-state index in [0.29, 0.717) is 0 Å². The monoisotopic (exact) mass is 660 g/mol. The molecule has 0 unspecified atom stereocenters. The number of hydrogen-bond donors (Lipinski definition) is 0. The van der Waals surface area contributed by atoms with Crippen molar-refractivity contribution in [3.05, 3.63) is 29.8 Å². The molecule has 15 nitrogen and oxygen atoms in total. The maximum atomic E-state index is 13.0. The first kappa shape index (κ1) is 35.2. The van der Waals surface area contributed by atoms with Crippen molar-refractivity contribution in [3.8, 4) is 0 Å². The number of benzene rings is 1. The van der Waals surface area contributed by atoms with Gasteiger partial charge in [-0.1, -0.05) is 17.7 Å². The second-order valence-electron chi connectivity index (χ2n) is 11.4. The first-order valence-electron chi connectivity index (χ1n) is 14.3. The second-order valence-corrected chi connectivity index (χ2v) is 13.0. The third-order valence-electron chi connectivity index (χ3n) is 7.29. The minimum Gasteiger partial charge on any atom is -0.456 e. The Kier molecular flexibility index (Phi) is 10.9. The highest BCUT2D eigenvalue weighted by atomic mass is 32.2. The van der Waals surface area contributed by atoms with E-state index in [2.05, 4.69) is 0 Å². The van der Waals surface area contributed by atoms with Crippen LogP contribution in [0.3, 0.4) is 0 Å². The van der Waals surface area contributed by atoms with Gasteiger partial charge < -0.3 is 42.6 Å². The minimum absolute atomic E-state index is 0.122. The summed E-state index contributed by atoms with van der Waals surface area (Å²) in [6.45, 7) is 9.54. The molecule has 0 N–H and O–H groups in total. The molecule has 0 amide bonds. The molecule has 16 heteroatoms. The fourth-order valence-corrected chi connectivity index (χ4v) is 6.40. The molecule has 4 rings (SSSR count). The molecular formula is C29H40O15S. The van der Waals surface area contributed by atoms with Gasteiger partial charge in [0.25, 0.3) is 10.1 Å². The van der Waals surface area contributed by atoms with Gasteiger partial charge >= 0.3 is 17.9 Å². The third kappa shape index (κ3) is 8.37. The van der Waals surface area contributed by atoms with Crippen LogP contribution in [0, 0.1) is 6.92 Å². The molecule has 1 aromatic carbocycles. The summed E-state index contributed by atoms with van der Waals surface area (Å²) in [5.41, 5.74) is 0.834. The van der Waals surface area contributed by atoms with Crippen molar-refractivity contribution in [2.45, 2.75) is 121 Å². The van der Waals surface area contributed by atoms with Crippen LogP contribution in [0.15, 0.2) is 29.2 Å². The van der Waals surface area contributed by atoms with E-state index in [1.165, 1.54) is 19.2 Å². The van der Waals surface area contributed by atoms with Gasteiger partial charge in [0, 0.05) is 27.9 Å². The lowest BCUT2D eigenvalue weighted by molar-refractivity contribution is -0.345. The molecule has 0 aliphatic carbocycles. The van der Waals surface area contributed by atoms with Crippen LogP contribution in [0.5, 0.6) is 0 Å². The van der Waals surface area contributed by atoms with Gasteiger partial charge in [0.2, 0.25) is 0 Å². The van der Waals surface area contributed by atoms with Gasteiger partial charge in [-0.05, 0) is 39.8 Å². The number of fused-ring (bicyclic) bond motifs is 1. The zero-order valence-electron chi connectivity index (χ0n) is 26.3. The van der Waals surface area contributed by atoms with Crippen LogP contribution >= 0.6 is 0 Å². The quantitative estimate of drug-likeness (QED) is 0.200. The smallest absolute Gasteiger partial charge is 0.303 e. The largest absolute Gasteiger partial charge is 0.456 e. The lowest BCUT2D eigenvalue weighted by Gasteiger charge is -2.47. The number of ether oxygens (including phenoxy) is 9. The Morgan fingerprint density at radius 1 is 0.800 bits per heavy atom. The van der Waals surface area contributed by atoms with Crippen LogP contribution in [-0.2, 0) is 71.3 Å². The molecule has 0 bridgehead atoms. The van der Waals surface area contributed by atoms with Crippen molar-refractivity contribution >= 4 is 28.0 Å². The van der Waals surface area contributed by atoms with Gasteiger partial charge in [0.15, 0.2) is 36.7 Å². The molecule has 3 aliphatic rings. The number of methoxy groups -OCH3 is 1. The van der Waals surface area contributed by atoms with E-state index in [-0.39, 0.29) is 4.90 Å². The summed E-state index contributed by atoms with van der Waals surface area (Å²) in [7, 11) is -2.86. The Morgan fingerprint density at radius 3 is 1.93 bits per heavy atom. The first-order valence-corrected chi connectivity index (χ1v) is 15.7. The van der Waals surface area contributed by atoms with Crippen molar-refractivity contribution in [1.29, 1.82) is 0 Å². The summed E-state index contributed by atoms with van der Waals surface area (Å²) in [5, 5.41) is 0. The molecule has 10 atom stereocenters. The molecular weight excluding hydrogens is 620 g/mol. The molecule has 252 valence electrons. The predicted octanol–water partition coefficient (Wildman–Crippen LogP) is 1.52. The molecule has 3 fully saturated rings. The topological polar surface area (TPSA) is 178 Å². The van der Waals surface area contributed by atoms with Crippen molar-refractivity contribution in [3.63, 3.8) is 0 Å². The third-order valence-corrected chi connectivity index (χ3v) is 8.58. The Morgan fingerprint density at radius 2 is 1.36 bits per heavy atom. The highest BCUT2D eigenvalue weighted by Crippen LogP contribution is 2.40. The fourth-order valence-electron chi connectivity index (χ4n) is 5.48. The lowest BCUT2D eigenvalue weighted by atomic mass is 9.96. The Balaban J connectivity index is 1.69. The van der Waals surface area contributed by atoms with Crippen LogP contribution < -0.4 is 0 Å². The highest BCUT2D eigenvalue weighted by molar-refractivity contribution is 7.86. The molecule has 0 aromatic heterocycles. The second kappa shape index (κ2) is 14.0. The molecule has 0 spiro atoms. The van der Waals surface area contributed by atoms with E-state index >= 15 is 0 Å². The Labute approximate surface area is 261 Å². The summed E-state index contributed by atoms with van der Waals surface area (Å²) in [6.07, 6.45) is -11.3. The molecule has 3 heterocycles. The number of hydrogen-bond acceptors (Lipinski definition) is 15. The fraction of sp³-hybridized carbons (Fsp3) is 0.690. The van der Waals surface area contributed by atoms with E-state index in [9.17, 15) is 22.8 Å². The van der Waals surface area contributed by atoms with Crippen molar-refractivity contribution in [2.75, 3.05) is 13.7 Å². The van der Waals surface area contributed by atoms with Gasteiger partial charge in [-0.2, -0.15) is 8.42 Å². The lowest BCUT2D eigenvalue weighted by Crippen LogP contribution is -2.65. The van der Waals surface area contributed by atoms with E-state index in [4.69, 9.17) is 46.8 Å². The standard InChI is InChI=1S/C29H40O15S/c1-14-9-11-19(12-10-14)45(33,34)36-13-20-22(38-16(3)30)23(39-17(4)31)25(40-18(5)32)28(41-20)42-21-15(2)37-27(35-8)26-24(21)43-29(6,7)44-26/h9-12,15,20-28H,13H2,1-8H3/t15-,20+,21-,22-,23-,24+,25+,26+,27+,28-/m0/s1. The van der Waals surface area contributed by atoms with Crippen LogP contribution in [-0.4, -0.2) is 107 Å². The van der Waals surface area contributed by atoms with Gasteiger partial charge in [-0.25, -0.2) is 0 Å². The van der Waals surface area contributed by atoms with Crippen LogP contribution in [0.2, 0.25) is 0 Å².